The zero-order chi connectivity index (χ0) is 17.5. The van der Waals surface area contributed by atoms with E-state index in [4.69, 9.17) is 23.2 Å². The number of anilines is 1. The summed E-state index contributed by atoms with van der Waals surface area (Å²) in [4.78, 5) is 26.3. The lowest BCUT2D eigenvalue weighted by molar-refractivity contribution is -0.149. The second-order valence-corrected chi connectivity index (χ2v) is 7.61. The minimum Gasteiger partial charge on any atom is -0.481 e. The summed E-state index contributed by atoms with van der Waals surface area (Å²) < 4.78 is 0. The first kappa shape index (κ1) is 17.5. The second-order valence-electron chi connectivity index (χ2n) is 6.77. The highest BCUT2D eigenvalue weighted by atomic mass is 35.5. The van der Waals surface area contributed by atoms with Gasteiger partial charge in [0.05, 0.1) is 22.2 Å². The van der Waals surface area contributed by atoms with Crippen LogP contribution in [0.5, 0.6) is 0 Å². The molecular weight excluding hydrogens is 351 g/mol. The standard InChI is InChI=1S/C17H20Cl2N2O3/c1-10(15(22)20-14-5-4-12(18)7-13(14)19)21-8-11-3-2-6-17(11,9-21)16(23)24/h4-5,7,10-11H,2-3,6,8-9H2,1H3,(H,20,22)(H,23,24)/t10?,11-,17+/m0/s1. The largest absolute Gasteiger partial charge is 0.481 e. The van der Waals surface area contributed by atoms with E-state index in [0.29, 0.717) is 35.2 Å². The van der Waals surface area contributed by atoms with Gasteiger partial charge < -0.3 is 10.4 Å². The van der Waals surface area contributed by atoms with Crippen LogP contribution < -0.4 is 5.32 Å². The Hall–Kier alpha value is -1.30. The smallest absolute Gasteiger partial charge is 0.311 e. The summed E-state index contributed by atoms with van der Waals surface area (Å²) in [5.41, 5.74) is -0.183. The van der Waals surface area contributed by atoms with E-state index in [1.54, 1.807) is 25.1 Å². The van der Waals surface area contributed by atoms with Crippen molar-refractivity contribution in [1.82, 2.24) is 4.90 Å². The van der Waals surface area contributed by atoms with Gasteiger partial charge in [-0.2, -0.15) is 0 Å². The van der Waals surface area contributed by atoms with Crippen molar-refractivity contribution in [3.8, 4) is 0 Å². The minimum atomic E-state index is -0.735. The average molecular weight is 371 g/mol. The lowest BCUT2D eigenvalue weighted by Crippen LogP contribution is -2.43. The van der Waals surface area contributed by atoms with Gasteiger partial charge in [-0.25, -0.2) is 0 Å². The molecule has 24 heavy (non-hydrogen) atoms. The van der Waals surface area contributed by atoms with Gasteiger partial charge in [0.25, 0.3) is 0 Å². The third kappa shape index (κ3) is 3.01. The van der Waals surface area contributed by atoms with E-state index in [2.05, 4.69) is 5.32 Å². The number of nitrogens with one attached hydrogen (secondary N) is 1. The number of amides is 1. The van der Waals surface area contributed by atoms with Crippen LogP contribution in [0.25, 0.3) is 0 Å². The van der Waals surface area contributed by atoms with Gasteiger partial charge in [0.15, 0.2) is 0 Å². The lowest BCUT2D eigenvalue weighted by atomic mass is 9.81. The maximum Gasteiger partial charge on any atom is 0.311 e. The number of carbonyl (C=O) groups is 2. The molecule has 1 unspecified atom stereocenters. The predicted octanol–water partition coefficient (Wildman–Crippen LogP) is 3.51. The van der Waals surface area contributed by atoms with E-state index in [9.17, 15) is 14.7 Å². The van der Waals surface area contributed by atoms with Gasteiger partial charge >= 0.3 is 5.97 Å². The molecule has 0 spiro atoms. The number of aliphatic carboxylic acids is 1. The monoisotopic (exact) mass is 370 g/mol. The van der Waals surface area contributed by atoms with Gasteiger partial charge in [-0.1, -0.05) is 29.6 Å². The number of hydrogen-bond acceptors (Lipinski definition) is 3. The van der Waals surface area contributed by atoms with Gasteiger partial charge in [-0.3, -0.25) is 14.5 Å². The minimum absolute atomic E-state index is 0.129. The topological polar surface area (TPSA) is 69.6 Å². The fourth-order valence-electron chi connectivity index (χ4n) is 3.97. The van der Waals surface area contributed by atoms with Crippen molar-refractivity contribution in [1.29, 1.82) is 0 Å². The average Bonchev–Trinajstić information content (AvgIpc) is 3.07. The third-order valence-electron chi connectivity index (χ3n) is 5.44. The predicted molar refractivity (Wildman–Crippen MR) is 93.5 cm³/mol. The highest BCUT2D eigenvalue weighted by Crippen LogP contribution is 2.49. The zero-order valence-electron chi connectivity index (χ0n) is 13.4. The fraction of sp³-hybridized carbons (Fsp3) is 0.529. The first-order valence-electron chi connectivity index (χ1n) is 8.07. The van der Waals surface area contributed by atoms with Gasteiger partial charge in [-0.05, 0) is 43.9 Å². The van der Waals surface area contributed by atoms with Gasteiger partial charge in [0, 0.05) is 18.1 Å². The normalized spacial score (nSPS) is 27.7. The van der Waals surface area contributed by atoms with Crippen molar-refractivity contribution in [3.05, 3.63) is 28.2 Å². The van der Waals surface area contributed by atoms with Crippen molar-refractivity contribution >= 4 is 40.8 Å². The second kappa shape index (κ2) is 6.54. The molecule has 0 aromatic heterocycles. The van der Waals surface area contributed by atoms with E-state index in [0.717, 1.165) is 12.8 Å². The highest BCUT2D eigenvalue weighted by Gasteiger charge is 2.55. The Kier molecular flexibility index (Phi) is 4.78. The van der Waals surface area contributed by atoms with Crippen LogP contribution >= 0.6 is 23.2 Å². The fourth-order valence-corrected chi connectivity index (χ4v) is 4.42. The van der Waals surface area contributed by atoms with Crippen LogP contribution in [0.3, 0.4) is 0 Å². The van der Waals surface area contributed by atoms with Gasteiger partial charge in [0.1, 0.15) is 0 Å². The van der Waals surface area contributed by atoms with Crippen molar-refractivity contribution in [2.45, 2.75) is 32.2 Å². The van der Waals surface area contributed by atoms with E-state index < -0.39 is 17.4 Å². The van der Waals surface area contributed by atoms with Crippen LogP contribution in [0.2, 0.25) is 10.0 Å². The zero-order valence-corrected chi connectivity index (χ0v) is 14.9. The molecule has 0 bridgehead atoms. The number of benzene rings is 1. The summed E-state index contributed by atoms with van der Waals surface area (Å²) >= 11 is 11.9. The first-order chi connectivity index (χ1) is 11.3. The first-order valence-corrected chi connectivity index (χ1v) is 8.82. The van der Waals surface area contributed by atoms with Crippen LogP contribution in [-0.2, 0) is 9.59 Å². The number of fused-ring (bicyclic) bond motifs is 1. The van der Waals surface area contributed by atoms with E-state index >= 15 is 0 Å². The summed E-state index contributed by atoms with van der Waals surface area (Å²) in [5, 5.41) is 13.3. The molecule has 2 fully saturated rings. The number of carboxylic acids is 1. The highest BCUT2D eigenvalue weighted by molar-refractivity contribution is 6.36. The number of nitrogens with zero attached hydrogens (tertiary/aromatic N) is 1. The quantitative estimate of drug-likeness (QED) is 0.850. The Labute approximate surface area is 150 Å². The van der Waals surface area contributed by atoms with Crippen molar-refractivity contribution in [3.63, 3.8) is 0 Å². The summed E-state index contributed by atoms with van der Waals surface area (Å²) in [6.45, 7) is 2.88. The maximum atomic E-state index is 12.5. The Balaban J connectivity index is 1.69. The van der Waals surface area contributed by atoms with Crippen LogP contribution in [-0.4, -0.2) is 41.0 Å². The molecule has 7 heteroatoms. The number of carbonyl (C=O) groups excluding carboxylic acids is 1. The molecule has 5 nitrogen and oxygen atoms in total. The third-order valence-corrected chi connectivity index (χ3v) is 5.99. The number of likely N-dealkylation sites (tertiary alicyclic amines) is 1. The van der Waals surface area contributed by atoms with Crippen LogP contribution in [0.15, 0.2) is 18.2 Å². The molecule has 1 aromatic carbocycles. The molecule has 2 N–H and O–H groups in total. The van der Waals surface area contributed by atoms with Gasteiger partial charge in [-0.15, -0.1) is 0 Å². The molecule has 1 heterocycles. The Bertz CT molecular complexity index is 682. The maximum absolute atomic E-state index is 12.5. The lowest BCUT2D eigenvalue weighted by Gasteiger charge is -2.26. The number of halogens is 2. The molecule has 3 atom stereocenters. The molecule has 3 rings (SSSR count). The summed E-state index contributed by atoms with van der Waals surface area (Å²) in [5.74, 6) is -0.801. The van der Waals surface area contributed by atoms with Crippen LogP contribution in [0.4, 0.5) is 5.69 Å². The Morgan fingerprint density at radius 1 is 1.42 bits per heavy atom. The molecule has 1 aliphatic carbocycles. The van der Waals surface area contributed by atoms with Crippen molar-refractivity contribution in [2.75, 3.05) is 18.4 Å². The molecule has 1 saturated heterocycles. The molecular formula is C17H20Cl2N2O3. The number of rotatable bonds is 4. The molecule has 130 valence electrons. The number of hydrogen-bond donors (Lipinski definition) is 2. The van der Waals surface area contributed by atoms with Gasteiger partial charge in [0.2, 0.25) is 5.91 Å². The van der Waals surface area contributed by atoms with Crippen LogP contribution in [0, 0.1) is 11.3 Å². The Morgan fingerprint density at radius 3 is 2.79 bits per heavy atom. The molecule has 2 aliphatic rings. The molecule has 0 radical (unpaired) electrons. The van der Waals surface area contributed by atoms with E-state index in [1.807, 2.05) is 4.90 Å². The summed E-state index contributed by atoms with van der Waals surface area (Å²) in [7, 11) is 0. The Morgan fingerprint density at radius 2 is 2.17 bits per heavy atom. The van der Waals surface area contributed by atoms with Crippen LogP contribution in [0.1, 0.15) is 26.2 Å². The molecule has 1 aliphatic heterocycles. The number of carboxylic acid groups (broad SMARTS) is 1. The molecule has 1 amide bonds. The molecule has 1 saturated carbocycles. The van der Waals surface area contributed by atoms with E-state index in [-0.39, 0.29) is 11.8 Å². The van der Waals surface area contributed by atoms with E-state index in [1.165, 1.54) is 0 Å². The van der Waals surface area contributed by atoms with Crippen molar-refractivity contribution < 1.29 is 14.7 Å². The summed E-state index contributed by atoms with van der Waals surface area (Å²) in [6, 6.07) is 4.47. The SMILES string of the molecule is CC(C(=O)Nc1ccc(Cl)cc1Cl)N1C[C@@H]2CCC[C@@]2(C(=O)O)C1. The molecule has 1 aromatic rings. The van der Waals surface area contributed by atoms with Crippen molar-refractivity contribution in [2.24, 2.45) is 11.3 Å². The summed E-state index contributed by atoms with van der Waals surface area (Å²) in [6.07, 6.45) is 2.56.